The van der Waals surface area contributed by atoms with Gasteiger partial charge in [-0.15, -0.1) is 0 Å². The van der Waals surface area contributed by atoms with Gasteiger partial charge >= 0.3 is 0 Å². The Hall–Kier alpha value is -4.01. The molecular formula is C28H23N3OP+. The topological polar surface area (TPSA) is 71.8 Å². The molecule has 0 bridgehead atoms. The Labute approximate surface area is 193 Å². The number of aromatic nitrogens is 2. The van der Waals surface area contributed by atoms with Crippen LogP contribution in [0, 0.1) is 0 Å². The predicted octanol–water partition coefficient (Wildman–Crippen LogP) is 3.64. The highest BCUT2D eigenvalue weighted by molar-refractivity contribution is 8.01. The average molecular weight is 448 g/mol. The summed E-state index contributed by atoms with van der Waals surface area (Å²) in [5, 5.41) is 3.67. The minimum absolute atomic E-state index is 0.216. The van der Waals surface area contributed by atoms with Crippen LogP contribution in [0.2, 0.25) is 0 Å². The normalized spacial score (nSPS) is 11.3. The monoisotopic (exact) mass is 448 g/mol. The van der Waals surface area contributed by atoms with Gasteiger partial charge in [-0.25, -0.2) is 4.98 Å². The molecule has 0 aliphatic rings. The molecule has 0 fully saturated rings. The number of benzene rings is 4. The molecule has 160 valence electrons. The maximum absolute atomic E-state index is 13.9. The SMILES string of the molecule is Nc1nc(-c2ccccc2)[nH]c(=O)c1[P+](c1ccccc1)(c1ccccc1)c1ccccc1. The first kappa shape index (κ1) is 20.9. The first-order chi connectivity index (χ1) is 16.2. The van der Waals surface area contributed by atoms with Gasteiger partial charge in [0.25, 0.3) is 5.56 Å². The lowest BCUT2D eigenvalue weighted by Gasteiger charge is -2.27. The summed E-state index contributed by atoms with van der Waals surface area (Å²) in [6, 6.07) is 40.0. The molecule has 0 saturated heterocycles. The van der Waals surface area contributed by atoms with Crippen molar-refractivity contribution >= 4 is 34.3 Å². The fraction of sp³-hybridized carbons (Fsp3) is 0. The van der Waals surface area contributed by atoms with Crippen molar-refractivity contribution < 1.29 is 0 Å². The number of H-pyrrole nitrogens is 1. The summed E-state index contributed by atoms with van der Waals surface area (Å²) in [7, 11) is -2.62. The Bertz CT molecular complexity index is 1320. The van der Waals surface area contributed by atoms with Crippen molar-refractivity contribution in [3.05, 3.63) is 132 Å². The second-order valence-corrected chi connectivity index (χ2v) is 11.0. The van der Waals surface area contributed by atoms with Gasteiger partial charge in [-0.3, -0.25) is 4.79 Å². The molecule has 0 aliphatic carbocycles. The third-order valence-electron chi connectivity index (χ3n) is 5.73. The molecule has 0 atom stereocenters. The first-order valence-electron chi connectivity index (χ1n) is 10.7. The Kier molecular flexibility index (Phi) is 5.60. The van der Waals surface area contributed by atoms with Crippen LogP contribution in [-0.2, 0) is 0 Å². The Balaban J connectivity index is 1.89. The van der Waals surface area contributed by atoms with E-state index in [2.05, 4.69) is 41.4 Å². The molecule has 4 aromatic carbocycles. The second kappa shape index (κ2) is 8.85. The second-order valence-electron chi connectivity index (χ2n) is 7.69. The highest BCUT2D eigenvalue weighted by atomic mass is 31.2. The quantitative estimate of drug-likeness (QED) is 0.404. The molecule has 1 aromatic heterocycles. The maximum Gasteiger partial charge on any atom is 0.297 e. The fourth-order valence-corrected chi connectivity index (χ4v) is 8.61. The van der Waals surface area contributed by atoms with E-state index < -0.39 is 7.26 Å². The zero-order chi connectivity index (χ0) is 22.7. The van der Waals surface area contributed by atoms with Gasteiger partial charge in [0.15, 0.2) is 13.1 Å². The van der Waals surface area contributed by atoms with Crippen LogP contribution in [0.3, 0.4) is 0 Å². The number of nitrogens with one attached hydrogen (secondary N) is 1. The third-order valence-corrected chi connectivity index (χ3v) is 10.1. The molecule has 0 amide bonds. The number of nitrogens with two attached hydrogens (primary N) is 1. The molecule has 5 rings (SSSR count). The molecule has 5 heteroatoms. The molecule has 0 radical (unpaired) electrons. The number of rotatable bonds is 5. The summed E-state index contributed by atoms with van der Waals surface area (Å²) in [6.45, 7) is 0. The molecule has 1 heterocycles. The van der Waals surface area contributed by atoms with E-state index in [4.69, 9.17) is 10.7 Å². The minimum Gasteiger partial charge on any atom is -0.380 e. The highest BCUT2D eigenvalue weighted by Crippen LogP contribution is 2.54. The highest BCUT2D eigenvalue weighted by Gasteiger charge is 2.51. The van der Waals surface area contributed by atoms with Gasteiger partial charge in [-0.1, -0.05) is 84.9 Å². The summed E-state index contributed by atoms with van der Waals surface area (Å²) in [6.07, 6.45) is 0. The zero-order valence-corrected chi connectivity index (χ0v) is 18.8. The number of nitrogens with zero attached hydrogens (tertiary/aromatic N) is 1. The van der Waals surface area contributed by atoms with Gasteiger partial charge in [0.2, 0.25) is 5.30 Å². The molecule has 5 aromatic rings. The Morgan fingerprint density at radius 2 is 1.00 bits per heavy atom. The summed E-state index contributed by atoms with van der Waals surface area (Å²) in [4.78, 5) is 21.6. The summed E-state index contributed by atoms with van der Waals surface area (Å²) < 4.78 is 0. The van der Waals surface area contributed by atoms with Crippen LogP contribution < -0.4 is 32.5 Å². The number of aromatic amines is 1. The molecular weight excluding hydrogens is 425 g/mol. The summed E-state index contributed by atoms with van der Waals surface area (Å²) in [5.41, 5.74) is 7.25. The number of anilines is 1. The van der Waals surface area contributed by atoms with Crippen molar-refractivity contribution in [3.63, 3.8) is 0 Å². The molecule has 0 unspecified atom stereocenters. The molecule has 4 nitrogen and oxygen atoms in total. The van der Waals surface area contributed by atoms with Crippen LogP contribution in [0.5, 0.6) is 0 Å². The van der Waals surface area contributed by atoms with E-state index in [1.165, 1.54) is 0 Å². The average Bonchev–Trinajstić information content (AvgIpc) is 2.88. The van der Waals surface area contributed by atoms with Gasteiger partial charge in [0, 0.05) is 5.56 Å². The number of hydrogen-bond donors (Lipinski definition) is 2. The smallest absolute Gasteiger partial charge is 0.297 e. The van der Waals surface area contributed by atoms with Crippen LogP contribution in [0.15, 0.2) is 126 Å². The molecule has 0 spiro atoms. The largest absolute Gasteiger partial charge is 0.380 e. The van der Waals surface area contributed by atoms with E-state index in [9.17, 15) is 4.79 Å². The summed E-state index contributed by atoms with van der Waals surface area (Å²) >= 11 is 0. The Morgan fingerprint density at radius 1 is 0.606 bits per heavy atom. The molecule has 3 N–H and O–H groups in total. The molecule has 0 aliphatic heterocycles. The Morgan fingerprint density at radius 3 is 1.39 bits per heavy atom. The predicted molar refractivity (Wildman–Crippen MR) is 139 cm³/mol. The van der Waals surface area contributed by atoms with Crippen molar-refractivity contribution in [2.75, 3.05) is 5.73 Å². The minimum atomic E-state index is -2.62. The lowest BCUT2D eigenvalue weighted by atomic mass is 10.2. The standard InChI is InChI=1S/C28H22N3OP/c29-26-25(28(32)31-27(30-26)21-13-5-1-6-14-21)33(22-15-7-2-8-16-22,23-17-9-3-10-18-23)24-19-11-4-12-20-24/h1-20H,(H2-,29,30,31,32)/p+1. The number of hydrogen-bond acceptors (Lipinski definition) is 3. The van der Waals surface area contributed by atoms with E-state index in [0.717, 1.165) is 21.5 Å². The third kappa shape index (κ3) is 3.65. The first-order valence-corrected chi connectivity index (χ1v) is 12.5. The van der Waals surface area contributed by atoms with Crippen LogP contribution in [0.1, 0.15) is 0 Å². The van der Waals surface area contributed by atoms with Crippen LogP contribution >= 0.6 is 7.26 Å². The van der Waals surface area contributed by atoms with Gasteiger partial charge < -0.3 is 10.7 Å². The van der Waals surface area contributed by atoms with E-state index in [0.29, 0.717) is 11.1 Å². The van der Waals surface area contributed by atoms with E-state index in [1.807, 2.05) is 84.9 Å². The lowest BCUT2D eigenvalue weighted by Crippen LogP contribution is -2.46. The van der Waals surface area contributed by atoms with Crippen molar-refractivity contribution in [1.29, 1.82) is 0 Å². The van der Waals surface area contributed by atoms with Crippen molar-refractivity contribution in [2.24, 2.45) is 0 Å². The number of nitrogen functional groups attached to an aromatic ring is 1. The van der Waals surface area contributed by atoms with Crippen LogP contribution in [0.25, 0.3) is 11.4 Å². The van der Waals surface area contributed by atoms with Crippen LogP contribution in [-0.4, -0.2) is 9.97 Å². The van der Waals surface area contributed by atoms with Gasteiger partial charge in [-0.2, -0.15) is 0 Å². The van der Waals surface area contributed by atoms with Crippen molar-refractivity contribution in [3.8, 4) is 11.4 Å². The molecule has 0 saturated carbocycles. The van der Waals surface area contributed by atoms with Crippen LogP contribution in [0.4, 0.5) is 5.82 Å². The fourth-order valence-electron chi connectivity index (χ4n) is 4.33. The van der Waals surface area contributed by atoms with Crippen molar-refractivity contribution in [1.82, 2.24) is 9.97 Å². The van der Waals surface area contributed by atoms with E-state index >= 15 is 0 Å². The van der Waals surface area contributed by atoms with Gasteiger partial charge in [0.1, 0.15) is 21.7 Å². The lowest BCUT2D eigenvalue weighted by molar-refractivity contribution is 1.15. The van der Waals surface area contributed by atoms with E-state index in [-0.39, 0.29) is 11.4 Å². The zero-order valence-electron chi connectivity index (χ0n) is 17.9. The molecule has 33 heavy (non-hydrogen) atoms. The van der Waals surface area contributed by atoms with Crippen molar-refractivity contribution in [2.45, 2.75) is 0 Å². The summed E-state index contributed by atoms with van der Waals surface area (Å²) in [5.74, 6) is 0.719. The van der Waals surface area contributed by atoms with E-state index in [1.54, 1.807) is 0 Å². The van der Waals surface area contributed by atoms with Gasteiger partial charge in [-0.05, 0) is 36.4 Å². The van der Waals surface area contributed by atoms with Gasteiger partial charge in [0.05, 0.1) is 0 Å². The maximum atomic E-state index is 13.9.